The van der Waals surface area contributed by atoms with Crippen LogP contribution in [0, 0.1) is 0 Å². The number of halogens is 1. The number of rotatable bonds is 6. The first-order chi connectivity index (χ1) is 11.7. The normalized spacial score (nSPS) is 11.0. The summed E-state index contributed by atoms with van der Waals surface area (Å²) in [7, 11) is 0. The Kier molecular flexibility index (Phi) is 5.35. The first kappa shape index (κ1) is 16.4. The molecular weight excluding hydrogens is 346 g/mol. The van der Waals surface area contributed by atoms with Crippen molar-refractivity contribution in [3.63, 3.8) is 0 Å². The zero-order valence-corrected chi connectivity index (χ0v) is 14.1. The Labute approximate surface area is 148 Å². The number of thioether (sulfide) groups is 1. The summed E-state index contributed by atoms with van der Waals surface area (Å²) >= 11 is 7.36. The van der Waals surface area contributed by atoms with Gasteiger partial charge in [0.15, 0.2) is 0 Å². The van der Waals surface area contributed by atoms with Crippen molar-refractivity contribution in [3.05, 3.63) is 64.7 Å². The van der Waals surface area contributed by atoms with Crippen molar-refractivity contribution in [1.29, 1.82) is 0 Å². The number of hydrazone groups is 1. The minimum atomic E-state index is 0.167. The molecule has 1 aromatic heterocycles. The molecule has 1 heterocycles. The lowest BCUT2D eigenvalue weighted by atomic mass is 10.2. The molecule has 0 saturated carbocycles. The Morgan fingerprint density at radius 3 is 2.79 bits per heavy atom. The number of anilines is 1. The van der Waals surface area contributed by atoms with Gasteiger partial charge in [-0.2, -0.15) is 10.1 Å². The molecule has 2 aromatic carbocycles. The number of para-hydroxylation sites is 1. The number of nitrogens with one attached hydrogen (secondary N) is 2. The fourth-order valence-electron chi connectivity index (χ4n) is 1.85. The SMILES string of the molecule is Oc1ccccc1/C=N/Nc1nc(SCc2ccc(Cl)cc2)n[nH]1. The zero-order valence-electron chi connectivity index (χ0n) is 12.5. The number of phenolic OH excluding ortho intramolecular Hbond substituents is 1. The second kappa shape index (κ2) is 7.85. The number of benzene rings is 2. The van der Waals surface area contributed by atoms with E-state index in [0.29, 0.717) is 16.7 Å². The molecule has 8 heteroatoms. The molecular formula is C16H14ClN5OS. The Morgan fingerprint density at radius 2 is 2.00 bits per heavy atom. The second-order valence-corrected chi connectivity index (χ2v) is 6.19. The Hall–Kier alpha value is -2.51. The van der Waals surface area contributed by atoms with Gasteiger partial charge in [-0.3, -0.25) is 0 Å². The van der Waals surface area contributed by atoms with Crippen LogP contribution in [0.25, 0.3) is 0 Å². The molecule has 0 saturated heterocycles. The Morgan fingerprint density at radius 1 is 1.21 bits per heavy atom. The van der Waals surface area contributed by atoms with Crippen LogP contribution in [0.2, 0.25) is 5.02 Å². The molecule has 3 rings (SSSR count). The molecule has 3 aromatic rings. The van der Waals surface area contributed by atoms with Crippen molar-refractivity contribution in [2.24, 2.45) is 5.10 Å². The van der Waals surface area contributed by atoms with Gasteiger partial charge in [0, 0.05) is 16.3 Å². The van der Waals surface area contributed by atoms with Gasteiger partial charge in [-0.1, -0.05) is 47.6 Å². The number of hydrogen-bond donors (Lipinski definition) is 3. The third kappa shape index (κ3) is 4.50. The van der Waals surface area contributed by atoms with Crippen molar-refractivity contribution in [3.8, 4) is 5.75 Å². The van der Waals surface area contributed by atoms with E-state index < -0.39 is 0 Å². The topological polar surface area (TPSA) is 86.2 Å². The molecule has 6 nitrogen and oxygen atoms in total. The van der Waals surface area contributed by atoms with E-state index in [2.05, 4.69) is 25.7 Å². The summed E-state index contributed by atoms with van der Waals surface area (Å²) in [5.41, 5.74) is 4.50. The molecule has 0 spiro atoms. The van der Waals surface area contributed by atoms with Crippen LogP contribution < -0.4 is 5.43 Å². The molecule has 0 amide bonds. The maximum Gasteiger partial charge on any atom is 0.240 e. The van der Waals surface area contributed by atoms with E-state index in [0.717, 1.165) is 16.3 Å². The summed E-state index contributed by atoms with van der Waals surface area (Å²) in [4.78, 5) is 4.28. The van der Waals surface area contributed by atoms with Gasteiger partial charge in [0.1, 0.15) is 5.75 Å². The van der Waals surface area contributed by atoms with Crippen LogP contribution in [-0.2, 0) is 5.75 Å². The van der Waals surface area contributed by atoms with Crippen molar-refractivity contribution < 1.29 is 5.11 Å². The number of phenols is 1. The van der Waals surface area contributed by atoms with Gasteiger partial charge in [-0.25, -0.2) is 10.5 Å². The number of hydrogen-bond acceptors (Lipinski definition) is 6. The van der Waals surface area contributed by atoms with Gasteiger partial charge in [-0.15, -0.1) is 5.10 Å². The fraction of sp³-hybridized carbons (Fsp3) is 0.0625. The van der Waals surface area contributed by atoms with Gasteiger partial charge >= 0.3 is 0 Å². The summed E-state index contributed by atoms with van der Waals surface area (Å²) in [6.45, 7) is 0. The van der Waals surface area contributed by atoms with E-state index >= 15 is 0 Å². The third-order valence-electron chi connectivity index (χ3n) is 3.06. The summed E-state index contributed by atoms with van der Waals surface area (Å²) < 4.78 is 0. The monoisotopic (exact) mass is 359 g/mol. The number of aromatic amines is 1. The first-order valence-electron chi connectivity index (χ1n) is 7.07. The minimum Gasteiger partial charge on any atom is -0.507 e. The summed E-state index contributed by atoms with van der Waals surface area (Å²) in [6.07, 6.45) is 1.51. The van der Waals surface area contributed by atoms with Gasteiger partial charge < -0.3 is 5.11 Å². The zero-order chi connectivity index (χ0) is 16.8. The largest absolute Gasteiger partial charge is 0.507 e. The smallest absolute Gasteiger partial charge is 0.240 e. The fourth-order valence-corrected chi connectivity index (χ4v) is 2.73. The van der Waals surface area contributed by atoms with Crippen LogP contribution >= 0.6 is 23.4 Å². The van der Waals surface area contributed by atoms with Crippen LogP contribution in [0.15, 0.2) is 58.8 Å². The molecule has 0 aliphatic carbocycles. The van der Waals surface area contributed by atoms with Gasteiger partial charge in [0.2, 0.25) is 11.1 Å². The molecule has 24 heavy (non-hydrogen) atoms. The molecule has 0 aliphatic heterocycles. The highest BCUT2D eigenvalue weighted by Crippen LogP contribution is 2.21. The highest BCUT2D eigenvalue weighted by molar-refractivity contribution is 7.98. The van der Waals surface area contributed by atoms with Crippen molar-refractivity contribution in [2.75, 3.05) is 5.43 Å². The Bertz CT molecular complexity index is 834. The van der Waals surface area contributed by atoms with E-state index in [1.54, 1.807) is 18.2 Å². The first-order valence-corrected chi connectivity index (χ1v) is 8.44. The standard InChI is InChI=1S/C16H14ClN5OS/c17-13-7-5-11(6-8-13)10-24-16-19-15(21-22-16)20-18-9-12-3-1-2-4-14(12)23/h1-9,23H,10H2,(H2,19,20,21,22)/b18-9+. The van der Waals surface area contributed by atoms with Crippen LogP contribution in [0.1, 0.15) is 11.1 Å². The number of H-pyrrole nitrogens is 1. The number of aromatic nitrogens is 3. The number of nitrogens with zero attached hydrogens (tertiary/aromatic N) is 3. The van der Waals surface area contributed by atoms with Gasteiger partial charge in [0.25, 0.3) is 0 Å². The van der Waals surface area contributed by atoms with Crippen molar-refractivity contribution >= 4 is 35.5 Å². The van der Waals surface area contributed by atoms with Crippen molar-refractivity contribution in [1.82, 2.24) is 15.2 Å². The molecule has 0 fully saturated rings. The van der Waals surface area contributed by atoms with Crippen LogP contribution in [0.4, 0.5) is 5.95 Å². The number of aromatic hydroxyl groups is 1. The highest BCUT2D eigenvalue weighted by Gasteiger charge is 2.04. The lowest BCUT2D eigenvalue weighted by molar-refractivity contribution is 0.474. The molecule has 0 bridgehead atoms. The molecule has 0 aliphatic rings. The van der Waals surface area contributed by atoms with Crippen LogP contribution in [0.5, 0.6) is 5.75 Å². The molecule has 0 unspecified atom stereocenters. The van der Waals surface area contributed by atoms with E-state index in [-0.39, 0.29) is 5.75 Å². The average Bonchev–Trinajstić information content (AvgIpc) is 3.04. The maximum atomic E-state index is 9.64. The quantitative estimate of drug-likeness (QED) is 0.353. The average molecular weight is 360 g/mol. The lowest BCUT2D eigenvalue weighted by Crippen LogP contribution is -1.92. The second-order valence-electron chi connectivity index (χ2n) is 4.81. The summed E-state index contributed by atoms with van der Waals surface area (Å²) in [5, 5.41) is 21.9. The van der Waals surface area contributed by atoms with E-state index in [9.17, 15) is 5.11 Å². The lowest BCUT2D eigenvalue weighted by Gasteiger charge is -1.98. The van der Waals surface area contributed by atoms with Crippen LogP contribution in [-0.4, -0.2) is 26.5 Å². The van der Waals surface area contributed by atoms with E-state index in [1.807, 2.05) is 30.3 Å². The predicted octanol–water partition coefficient (Wildman–Crippen LogP) is 3.90. The summed E-state index contributed by atoms with van der Waals surface area (Å²) in [6, 6.07) is 14.6. The minimum absolute atomic E-state index is 0.167. The Balaban J connectivity index is 1.54. The summed E-state index contributed by atoms with van der Waals surface area (Å²) in [5.74, 6) is 1.34. The molecule has 0 radical (unpaired) electrons. The highest BCUT2D eigenvalue weighted by atomic mass is 35.5. The third-order valence-corrected chi connectivity index (χ3v) is 4.23. The van der Waals surface area contributed by atoms with Crippen molar-refractivity contribution in [2.45, 2.75) is 10.9 Å². The maximum absolute atomic E-state index is 9.64. The molecule has 122 valence electrons. The van der Waals surface area contributed by atoms with Gasteiger partial charge in [-0.05, 0) is 29.8 Å². The molecule has 0 atom stereocenters. The van der Waals surface area contributed by atoms with Crippen LogP contribution in [0.3, 0.4) is 0 Å². The van der Waals surface area contributed by atoms with E-state index in [4.69, 9.17) is 11.6 Å². The predicted molar refractivity (Wildman–Crippen MR) is 96.7 cm³/mol. The van der Waals surface area contributed by atoms with Gasteiger partial charge in [0.05, 0.1) is 6.21 Å². The molecule has 3 N–H and O–H groups in total. The van der Waals surface area contributed by atoms with E-state index in [1.165, 1.54) is 18.0 Å².